The molecular weight excluding hydrogens is 224 g/mol. The van der Waals surface area contributed by atoms with Crippen LogP contribution in [0.2, 0.25) is 0 Å². The number of amides is 2. The van der Waals surface area contributed by atoms with Gasteiger partial charge >= 0.3 is 12.0 Å². The van der Waals surface area contributed by atoms with Crippen LogP contribution in [0.5, 0.6) is 0 Å². The summed E-state index contributed by atoms with van der Waals surface area (Å²) in [5, 5.41) is 18.4. The largest absolute Gasteiger partial charge is 0.480 e. The zero-order chi connectivity index (χ0) is 12.4. The lowest BCUT2D eigenvalue weighted by atomic mass is 10.1. The second-order valence-electron chi connectivity index (χ2n) is 4.69. The summed E-state index contributed by atoms with van der Waals surface area (Å²) in [6.07, 6.45) is 2.12. The van der Waals surface area contributed by atoms with Crippen LogP contribution in [-0.2, 0) is 4.79 Å². The first kappa shape index (κ1) is 12.2. The smallest absolute Gasteiger partial charge is 0.326 e. The monoisotopic (exact) mass is 242 g/mol. The summed E-state index contributed by atoms with van der Waals surface area (Å²) >= 11 is 0. The van der Waals surface area contributed by atoms with Gasteiger partial charge in [0.1, 0.15) is 6.04 Å². The van der Waals surface area contributed by atoms with E-state index in [1.807, 2.05) is 0 Å². The number of rotatable bonds is 1. The Labute approximate surface area is 99.8 Å². The molecule has 2 rings (SSSR count). The van der Waals surface area contributed by atoms with E-state index >= 15 is 0 Å². The van der Waals surface area contributed by atoms with Crippen molar-refractivity contribution in [1.82, 2.24) is 9.80 Å². The average Bonchev–Trinajstić information content (AvgIpc) is 2.78. The van der Waals surface area contributed by atoms with Crippen LogP contribution < -0.4 is 0 Å². The van der Waals surface area contributed by atoms with Crippen LogP contribution in [0, 0.1) is 0 Å². The van der Waals surface area contributed by atoms with Crippen LogP contribution in [0.25, 0.3) is 0 Å². The van der Waals surface area contributed by atoms with Crippen molar-refractivity contribution >= 4 is 12.0 Å². The number of likely N-dealkylation sites (tertiary alicyclic amines) is 2. The molecule has 2 N–H and O–H groups in total. The van der Waals surface area contributed by atoms with Crippen LogP contribution >= 0.6 is 0 Å². The molecule has 2 fully saturated rings. The zero-order valence-electron chi connectivity index (χ0n) is 9.71. The quantitative estimate of drug-likeness (QED) is 0.684. The van der Waals surface area contributed by atoms with E-state index < -0.39 is 12.0 Å². The number of aliphatic hydroxyl groups is 1. The van der Waals surface area contributed by atoms with Crippen molar-refractivity contribution in [2.45, 2.75) is 37.8 Å². The van der Waals surface area contributed by atoms with Gasteiger partial charge in [0, 0.05) is 19.6 Å². The van der Waals surface area contributed by atoms with E-state index in [1.165, 1.54) is 4.90 Å². The molecule has 2 aliphatic heterocycles. The second-order valence-corrected chi connectivity index (χ2v) is 4.69. The summed E-state index contributed by atoms with van der Waals surface area (Å²) in [5.74, 6) is -0.923. The van der Waals surface area contributed by atoms with Crippen molar-refractivity contribution in [2.75, 3.05) is 19.6 Å². The molecule has 2 heterocycles. The molecule has 0 aromatic rings. The number of nitrogens with zero attached hydrogens (tertiary/aromatic N) is 2. The Balaban J connectivity index is 1.97. The normalized spacial score (nSPS) is 26.3. The number of carbonyl (C=O) groups excluding carboxylic acids is 1. The Morgan fingerprint density at radius 1 is 1.06 bits per heavy atom. The molecule has 17 heavy (non-hydrogen) atoms. The molecule has 0 aliphatic carbocycles. The minimum absolute atomic E-state index is 0.193. The summed E-state index contributed by atoms with van der Waals surface area (Å²) in [6.45, 7) is 1.56. The Morgan fingerprint density at radius 3 is 2.29 bits per heavy atom. The van der Waals surface area contributed by atoms with Crippen LogP contribution in [0.3, 0.4) is 0 Å². The Hall–Kier alpha value is -1.30. The zero-order valence-corrected chi connectivity index (χ0v) is 9.71. The molecule has 1 atom stereocenters. The fourth-order valence-corrected chi connectivity index (χ4v) is 2.49. The lowest BCUT2D eigenvalue weighted by Gasteiger charge is -2.34. The summed E-state index contributed by atoms with van der Waals surface area (Å²) < 4.78 is 0. The molecule has 2 aliphatic rings. The number of carbonyl (C=O) groups is 2. The average molecular weight is 242 g/mol. The minimum Gasteiger partial charge on any atom is -0.480 e. The van der Waals surface area contributed by atoms with Gasteiger partial charge in [-0.2, -0.15) is 0 Å². The van der Waals surface area contributed by atoms with Gasteiger partial charge < -0.3 is 20.0 Å². The maximum absolute atomic E-state index is 12.1. The van der Waals surface area contributed by atoms with Crippen molar-refractivity contribution in [3.63, 3.8) is 0 Å². The second kappa shape index (κ2) is 4.91. The van der Waals surface area contributed by atoms with Gasteiger partial charge in [0.2, 0.25) is 0 Å². The fourth-order valence-electron chi connectivity index (χ4n) is 2.49. The van der Waals surface area contributed by atoms with Gasteiger partial charge in [-0.3, -0.25) is 0 Å². The molecule has 0 aromatic carbocycles. The van der Waals surface area contributed by atoms with Crippen LogP contribution in [-0.4, -0.2) is 63.8 Å². The van der Waals surface area contributed by atoms with Crippen molar-refractivity contribution in [3.05, 3.63) is 0 Å². The molecule has 0 saturated carbocycles. The Bertz CT molecular complexity index is 313. The number of piperidine rings is 1. The molecule has 0 radical (unpaired) electrons. The molecule has 0 unspecified atom stereocenters. The maximum atomic E-state index is 12.1. The fraction of sp³-hybridized carbons (Fsp3) is 0.818. The highest BCUT2D eigenvalue weighted by molar-refractivity contribution is 5.83. The molecule has 6 nitrogen and oxygen atoms in total. The molecule has 2 saturated heterocycles. The highest BCUT2D eigenvalue weighted by atomic mass is 16.4. The number of hydrogen-bond donors (Lipinski definition) is 2. The molecule has 96 valence electrons. The number of carboxylic acid groups (broad SMARTS) is 1. The van der Waals surface area contributed by atoms with Gasteiger partial charge in [0.05, 0.1) is 6.10 Å². The van der Waals surface area contributed by atoms with Crippen LogP contribution in [0.15, 0.2) is 0 Å². The van der Waals surface area contributed by atoms with Gasteiger partial charge in [-0.1, -0.05) is 0 Å². The SMILES string of the molecule is O=C(O)[C@@H]1CCCN1C(=O)N1CCC(O)CC1. The van der Waals surface area contributed by atoms with Gasteiger partial charge in [0.25, 0.3) is 0 Å². The number of carboxylic acids is 1. The third kappa shape index (κ3) is 2.52. The third-order valence-electron chi connectivity index (χ3n) is 3.52. The first-order chi connectivity index (χ1) is 8.09. The van der Waals surface area contributed by atoms with Crippen molar-refractivity contribution in [3.8, 4) is 0 Å². The van der Waals surface area contributed by atoms with E-state index in [2.05, 4.69) is 0 Å². The van der Waals surface area contributed by atoms with Crippen molar-refractivity contribution in [2.24, 2.45) is 0 Å². The topological polar surface area (TPSA) is 81.1 Å². The molecule has 6 heteroatoms. The summed E-state index contributed by atoms with van der Waals surface area (Å²) in [6, 6.07) is -0.865. The van der Waals surface area contributed by atoms with Crippen molar-refractivity contribution < 1.29 is 19.8 Å². The highest BCUT2D eigenvalue weighted by Crippen LogP contribution is 2.21. The summed E-state index contributed by atoms with van der Waals surface area (Å²) in [5.41, 5.74) is 0. The van der Waals surface area contributed by atoms with Gasteiger partial charge in [-0.15, -0.1) is 0 Å². The molecular formula is C11H18N2O4. The van der Waals surface area contributed by atoms with Gasteiger partial charge in [-0.05, 0) is 25.7 Å². The van der Waals surface area contributed by atoms with E-state index in [1.54, 1.807) is 4.90 Å². The van der Waals surface area contributed by atoms with E-state index in [9.17, 15) is 14.7 Å². The third-order valence-corrected chi connectivity index (χ3v) is 3.52. The molecule has 0 bridgehead atoms. The minimum atomic E-state index is -0.923. The van der Waals surface area contributed by atoms with E-state index in [0.29, 0.717) is 38.9 Å². The maximum Gasteiger partial charge on any atom is 0.326 e. The highest BCUT2D eigenvalue weighted by Gasteiger charge is 2.36. The predicted molar refractivity (Wildman–Crippen MR) is 59.6 cm³/mol. The molecule has 0 spiro atoms. The lowest BCUT2D eigenvalue weighted by molar-refractivity contribution is -0.141. The molecule has 2 amide bonds. The van der Waals surface area contributed by atoms with Crippen LogP contribution in [0.4, 0.5) is 4.79 Å². The number of hydrogen-bond acceptors (Lipinski definition) is 3. The van der Waals surface area contributed by atoms with Gasteiger partial charge in [0.15, 0.2) is 0 Å². The first-order valence-corrected chi connectivity index (χ1v) is 6.06. The first-order valence-electron chi connectivity index (χ1n) is 6.06. The van der Waals surface area contributed by atoms with Crippen molar-refractivity contribution in [1.29, 1.82) is 0 Å². The number of urea groups is 1. The van der Waals surface area contributed by atoms with E-state index in [4.69, 9.17) is 5.11 Å². The number of aliphatic hydroxyl groups excluding tert-OH is 1. The summed E-state index contributed by atoms with van der Waals surface area (Å²) in [7, 11) is 0. The number of aliphatic carboxylic acids is 1. The predicted octanol–water partition coefficient (Wildman–Crippen LogP) is 0.112. The van der Waals surface area contributed by atoms with E-state index in [0.717, 1.165) is 6.42 Å². The standard InChI is InChI=1S/C11H18N2O4/c14-8-3-6-12(7-4-8)11(17)13-5-1-2-9(13)10(15)16/h8-9,14H,1-7H2,(H,15,16)/t9-/m0/s1. The Kier molecular flexibility index (Phi) is 3.51. The van der Waals surface area contributed by atoms with Gasteiger partial charge in [-0.25, -0.2) is 9.59 Å². The lowest BCUT2D eigenvalue weighted by Crippen LogP contribution is -2.50. The van der Waals surface area contributed by atoms with E-state index in [-0.39, 0.29) is 12.1 Å². The van der Waals surface area contributed by atoms with Crippen LogP contribution in [0.1, 0.15) is 25.7 Å². The molecule has 0 aromatic heterocycles. The Morgan fingerprint density at radius 2 is 1.71 bits per heavy atom. The summed E-state index contributed by atoms with van der Waals surface area (Å²) in [4.78, 5) is 26.2.